The molecule has 22 heavy (non-hydrogen) atoms. The fourth-order valence-electron chi connectivity index (χ4n) is 1.63. The Hall–Kier alpha value is -1.48. The highest BCUT2D eigenvalue weighted by atomic mass is 32.2. The molecule has 0 heterocycles. The van der Waals surface area contributed by atoms with Crippen molar-refractivity contribution in [2.24, 2.45) is 4.36 Å². The number of benzene rings is 1. The van der Waals surface area contributed by atoms with E-state index in [-0.39, 0.29) is 6.54 Å². The molecule has 1 aromatic carbocycles. The van der Waals surface area contributed by atoms with Crippen molar-refractivity contribution in [3.05, 3.63) is 23.8 Å². The molecule has 1 atom stereocenters. The van der Waals surface area contributed by atoms with Crippen LogP contribution >= 0.6 is 0 Å². The Kier molecular flexibility index (Phi) is 6.07. The number of alkyl halides is 3. The van der Waals surface area contributed by atoms with Crippen LogP contribution in [0.4, 0.5) is 13.2 Å². The van der Waals surface area contributed by atoms with Crippen molar-refractivity contribution in [1.29, 1.82) is 0 Å². The van der Waals surface area contributed by atoms with Crippen molar-refractivity contribution in [1.82, 2.24) is 4.31 Å². The van der Waals surface area contributed by atoms with Gasteiger partial charge in [0, 0.05) is 31.5 Å². The van der Waals surface area contributed by atoms with Crippen LogP contribution in [0.15, 0.2) is 22.6 Å². The average Bonchev–Trinajstić information content (AvgIpc) is 2.45. The van der Waals surface area contributed by atoms with Gasteiger partial charge in [-0.2, -0.15) is 13.2 Å². The molecule has 126 valence electrons. The van der Waals surface area contributed by atoms with E-state index in [1.807, 2.05) is 0 Å². The van der Waals surface area contributed by atoms with Gasteiger partial charge in [0.1, 0.15) is 28.0 Å². The molecule has 1 unspecified atom stereocenters. The Labute approximate surface area is 128 Å². The normalized spacial score (nSPS) is 14.5. The molecule has 0 aromatic heterocycles. The lowest BCUT2D eigenvalue weighted by Gasteiger charge is -2.20. The second kappa shape index (κ2) is 7.19. The molecule has 0 bridgehead atoms. The molecule has 0 aliphatic rings. The predicted molar refractivity (Wildman–Crippen MR) is 78.4 cm³/mol. The first-order valence-corrected chi connectivity index (χ1v) is 8.14. The van der Waals surface area contributed by atoms with Gasteiger partial charge in [-0.3, -0.25) is 0 Å². The molecule has 0 fully saturated rings. The summed E-state index contributed by atoms with van der Waals surface area (Å²) >= 11 is 0. The molecule has 0 amide bonds. The number of rotatable bonds is 6. The third-order valence-electron chi connectivity index (χ3n) is 2.95. The molecule has 5 nitrogen and oxygen atoms in total. The van der Waals surface area contributed by atoms with Gasteiger partial charge in [0.05, 0.1) is 14.2 Å². The SMILES string of the molecule is COc1ccc(CN(C)S(C)(=O)=NCC(F)(F)F)c(OC)c1. The van der Waals surface area contributed by atoms with E-state index in [2.05, 4.69) is 4.36 Å². The van der Waals surface area contributed by atoms with Crippen LogP contribution in [0, 0.1) is 0 Å². The first-order chi connectivity index (χ1) is 10.1. The van der Waals surface area contributed by atoms with Crippen molar-refractivity contribution in [3.63, 3.8) is 0 Å². The molecule has 0 aliphatic carbocycles. The zero-order valence-electron chi connectivity index (χ0n) is 12.8. The zero-order valence-corrected chi connectivity index (χ0v) is 13.6. The van der Waals surface area contributed by atoms with Crippen LogP contribution in [0.1, 0.15) is 5.56 Å². The van der Waals surface area contributed by atoms with Gasteiger partial charge in [-0.25, -0.2) is 12.9 Å². The second-order valence-electron chi connectivity index (χ2n) is 4.63. The average molecular weight is 340 g/mol. The van der Waals surface area contributed by atoms with Crippen LogP contribution in [0.25, 0.3) is 0 Å². The van der Waals surface area contributed by atoms with Crippen molar-refractivity contribution < 1.29 is 26.9 Å². The summed E-state index contributed by atoms with van der Waals surface area (Å²) in [5.74, 6) is 1.08. The van der Waals surface area contributed by atoms with Crippen molar-refractivity contribution in [2.75, 3.05) is 34.1 Å². The maximum absolute atomic E-state index is 12.3. The first kappa shape index (κ1) is 18.6. The third kappa shape index (κ3) is 5.38. The van der Waals surface area contributed by atoms with E-state index in [1.165, 1.54) is 31.8 Å². The lowest BCUT2D eigenvalue weighted by atomic mass is 10.2. The number of hydrogen-bond acceptors (Lipinski definition) is 4. The maximum Gasteiger partial charge on any atom is 0.408 e. The summed E-state index contributed by atoms with van der Waals surface area (Å²) in [7, 11) is 1.30. The Balaban J connectivity index is 2.97. The van der Waals surface area contributed by atoms with E-state index >= 15 is 0 Å². The molecule has 0 radical (unpaired) electrons. The van der Waals surface area contributed by atoms with Crippen LogP contribution in [0.5, 0.6) is 11.5 Å². The Morgan fingerprint density at radius 1 is 1.27 bits per heavy atom. The van der Waals surface area contributed by atoms with Gasteiger partial charge < -0.3 is 9.47 Å². The minimum absolute atomic E-state index is 0.129. The van der Waals surface area contributed by atoms with E-state index in [4.69, 9.17) is 9.47 Å². The molecular formula is C13H19F3N2O3S. The number of hydrogen-bond donors (Lipinski definition) is 0. The van der Waals surface area contributed by atoms with Gasteiger partial charge in [-0.1, -0.05) is 6.07 Å². The van der Waals surface area contributed by atoms with Crippen LogP contribution < -0.4 is 9.47 Å². The van der Waals surface area contributed by atoms with E-state index in [0.29, 0.717) is 17.1 Å². The van der Waals surface area contributed by atoms with E-state index in [0.717, 1.165) is 0 Å². The van der Waals surface area contributed by atoms with E-state index < -0.39 is 22.6 Å². The van der Waals surface area contributed by atoms with Crippen LogP contribution in [-0.4, -0.2) is 48.8 Å². The molecule has 9 heteroatoms. The van der Waals surface area contributed by atoms with Gasteiger partial charge in [0.2, 0.25) is 0 Å². The van der Waals surface area contributed by atoms with Crippen LogP contribution in [0.3, 0.4) is 0 Å². The minimum atomic E-state index is -4.47. The fourth-order valence-corrected chi connectivity index (χ4v) is 2.60. The topological polar surface area (TPSA) is 51.1 Å². The lowest BCUT2D eigenvalue weighted by Crippen LogP contribution is -2.27. The first-order valence-electron chi connectivity index (χ1n) is 6.26. The third-order valence-corrected chi connectivity index (χ3v) is 4.84. The highest BCUT2D eigenvalue weighted by Gasteiger charge is 2.28. The molecule has 0 N–H and O–H groups in total. The number of ether oxygens (including phenoxy) is 2. The molecule has 0 saturated heterocycles. The maximum atomic E-state index is 12.3. The summed E-state index contributed by atoms with van der Waals surface area (Å²) in [5, 5.41) is 0. The highest BCUT2D eigenvalue weighted by Crippen LogP contribution is 2.26. The van der Waals surface area contributed by atoms with Gasteiger partial charge in [-0.15, -0.1) is 0 Å². The van der Waals surface area contributed by atoms with E-state index in [1.54, 1.807) is 18.2 Å². The summed E-state index contributed by atoms with van der Waals surface area (Å²) in [6, 6.07) is 5.04. The summed E-state index contributed by atoms with van der Waals surface area (Å²) < 4.78 is 63.7. The zero-order chi connectivity index (χ0) is 17.0. The summed E-state index contributed by atoms with van der Waals surface area (Å²) in [5.41, 5.74) is 0.669. The number of halogens is 3. The van der Waals surface area contributed by atoms with Crippen molar-refractivity contribution in [3.8, 4) is 11.5 Å². The summed E-state index contributed by atoms with van der Waals surface area (Å²) in [6.07, 6.45) is -3.30. The Morgan fingerprint density at radius 3 is 2.41 bits per heavy atom. The summed E-state index contributed by atoms with van der Waals surface area (Å²) in [4.78, 5) is 0. The minimum Gasteiger partial charge on any atom is -0.497 e. The fraction of sp³-hybridized carbons (Fsp3) is 0.538. The van der Waals surface area contributed by atoms with Crippen molar-refractivity contribution in [2.45, 2.75) is 12.7 Å². The van der Waals surface area contributed by atoms with Gasteiger partial charge in [0.15, 0.2) is 0 Å². The molecule has 0 saturated carbocycles. The largest absolute Gasteiger partial charge is 0.497 e. The van der Waals surface area contributed by atoms with E-state index in [9.17, 15) is 17.4 Å². The standard InChI is InChI=1S/C13H19F3N2O3S/c1-18(22(4,19)17-9-13(14,15)16)8-10-5-6-11(20-2)7-12(10)21-3/h5-7H,8-9H2,1-4H3. The van der Waals surface area contributed by atoms with Crippen molar-refractivity contribution >= 4 is 9.92 Å². The Bertz CT molecular complexity index is 625. The van der Waals surface area contributed by atoms with Gasteiger partial charge >= 0.3 is 6.18 Å². The number of nitrogens with zero attached hydrogens (tertiary/aromatic N) is 2. The Morgan fingerprint density at radius 2 is 1.91 bits per heavy atom. The molecule has 0 spiro atoms. The van der Waals surface area contributed by atoms with Crippen LogP contribution in [-0.2, 0) is 16.5 Å². The van der Waals surface area contributed by atoms with Gasteiger partial charge in [0.25, 0.3) is 0 Å². The smallest absolute Gasteiger partial charge is 0.408 e. The molecule has 1 aromatic rings. The molecule has 1 rings (SSSR count). The lowest BCUT2D eigenvalue weighted by molar-refractivity contribution is -0.117. The summed E-state index contributed by atoms with van der Waals surface area (Å²) in [6.45, 7) is -1.31. The number of methoxy groups -OCH3 is 2. The van der Waals surface area contributed by atoms with Gasteiger partial charge in [-0.05, 0) is 6.07 Å². The van der Waals surface area contributed by atoms with Crippen LogP contribution in [0.2, 0.25) is 0 Å². The molecule has 0 aliphatic heterocycles. The predicted octanol–water partition coefficient (Wildman–Crippen LogP) is 2.71. The monoisotopic (exact) mass is 340 g/mol. The molecular weight excluding hydrogens is 321 g/mol. The second-order valence-corrected chi connectivity index (χ2v) is 7.04. The quantitative estimate of drug-likeness (QED) is 0.800. The highest BCUT2D eigenvalue weighted by molar-refractivity contribution is 7.90.